The predicted molar refractivity (Wildman–Crippen MR) is 95.7 cm³/mol. The average molecular weight is 336 g/mol. The number of aromatic nitrogens is 3. The zero-order chi connectivity index (χ0) is 17.6. The number of para-hydroxylation sites is 2. The number of carbonyl (C=O) groups excluding carboxylic acids is 1. The lowest BCUT2D eigenvalue weighted by molar-refractivity contribution is -0.115. The number of methoxy groups -OCH3 is 1. The molecular formula is C19H20N4O2. The Morgan fingerprint density at radius 2 is 2.04 bits per heavy atom. The van der Waals surface area contributed by atoms with Gasteiger partial charge in [0.25, 0.3) is 0 Å². The van der Waals surface area contributed by atoms with Gasteiger partial charge in [0.15, 0.2) is 5.82 Å². The number of anilines is 1. The van der Waals surface area contributed by atoms with E-state index in [9.17, 15) is 4.79 Å². The number of nitrogens with zero attached hydrogens (tertiary/aromatic N) is 2. The number of hydrogen-bond donors (Lipinski definition) is 2. The lowest BCUT2D eigenvalue weighted by atomic mass is 10.1. The smallest absolute Gasteiger partial charge is 0.232 e. The van der Waals surface area contributed by atoms with E-state index < -0.39 is 0 Å². The van der Waals surface area contributed by atoms with Gasteiger partial charge < -0.3 is 10.1 Å². The fourth-order valence-electron chi connectivity index (χ4n) is 2.59. The third-order valence-corrected chi connectivity index (χ3v) is 3.73. The van der Waals surface area contributed by atoms with Gasteiger partial charge in [-0.25, -0.2) is 4.98 Å². The summed E-state index contributed by atoms with van der Waals surface area (Å²) < 4.78 is 5.22. The Labute approximate surface area is 146 Å². The zero-order valence-electron chi connectivity index (χ0n) is 14.2. The van der Waals surface area contributed by atoms with E-state index in [0.29, 0.717) is 23.7 Å². The number of carbonyl (C=O) groups is 1. The highest BCUT2D eigenvalue weighted by Crippen LogP contribution is 2.23. The number of nitrogens with one attached hydrogen (secondary N) is 2. The van der Waals surface area contributed by atoms with Crippen molar-refractivity contribution < 1.29 is 9.53 Å². The third-order valence-electron chi connectivity index (χ3n) is 3.73. The van der Waals surface area contributed by atoms with Crippen molar-refractivity contribution in [3.63, 3.8) is 0 Å². The Morgan fingerprint density at radius 1 is 1.20 bits per heavy atom. The molecule has 0 bridgehead atoms. The number of ether oxygens (including phenoxy) is 1. The standard InChI is InChI=1S/C19H20N4O2/c1-13-6-5-7-14(10-13)11-17-21-18(23-22-17)12-19(24)20-15-8-3-4-9-16(15)25-2/h3-10H,11-12H2,1-2H3,(H,20,24)(H,21,22,23). The van der Waals surface area contributed by atoms with Gasteiger partial charge in [-0.3, -0.25) is 9.89 Å². The second-order valence-electron chi connectivity index (χ2n) is 5.79. The second kappa shape index (κ2) is 7.61. The van der Waals surface area contributed by atoms with E-state index in [4.69, 9.17) is 4.74 Å². The fourth-order valence-corrected chi connectivity index (χ4v) is 2.59. The number of amides is 1. The minimum atomic E-state index is -0.189. The molecule has 0 unspecified atom stereocenters. The van der Waals surface area contributed by atoms with Crippen LogP contribution in [0.4, 0.5) is 5.69 Å². The first-order valence-corrected chi connectivity index (χ1v) is 8.02. The van der Waals surface area contributed by atoms with E-state index >= 15 is 0 Å². The molecule has 0 aliphatic carbocycles. The molecule has 6 heteroatoms. The van der Waals surface area contributed by atoms with Crippen LogP contribution in [0.15, 0.2) is 48.5 Å². The molecule has 1 aromatic heterocycles. The first-order chi connectivity index (χ1) is 12.1. The van der Waals surface area contributed by atoms with Crippen molar-refractivity contribution in [2.45, 2.75) is 19.8 Å². The quantitative estimate of drug-likeness (QED) is 0.725. The van der Waals surface area contributed by atoms with Crippen LogP contribution in [0, 0.1) is 6.92 Å². The van der Waals surface area contributed by atoms with E-state index in [1.807, 2.05) is 24.3 Å². The van der Waals surface area contributed by atoms with Gasteiger partial charge in [0.2, 0.25) is 5.91 Å². The van der Waals surface area contributed by atoms with Crippen LogP contribution in [0.2, 0.25) is 0 Å². The lowest BCUT2D eigenvalue weighted by Crippen LogP contribution is -2.15. The normalized spacial score (nSPS) is 10.5. The summed E-state index contributed by atoms with van der Waals surface area (Å²) in [6.45, 7) is 2.05. The van der Waals surface area contributed by atoms with Crippen molar-refractivity contribution in [3.8, 4) is 5.75 Å². The van der Waals surface area contributed by atoms with Crippen LogP contribution in [0.5, 0.6) is 5.75 Å². The van der Waals surface area contributed by atoms with E-state index in [2.05, 4.69) is 39.6 Å². The van der Waals surface area contributed by atoms with Crippen LogP contribution in [0.3, 0.4) is 0 Å². The predicted octanol–water partition coefficient (Wildman–Crippen LogP) is 2.89. The SMILES string of the molecule is COc1ccccc1NC(=O)Cc1n[nH]c(Cc2cccc(C)c2)n1. The molecule has 0 fully saturated rings. The van der Waals surface area contributed by atoms with E-state index in [-0.39, 0.29) is 12.3 Å². The molecule has 0 atom stereocenters. The van der Waals surface area contributed by atoms with Gasteiger partial charge in [-0.15, -0.1) is 0 Å². The summed E-state index contributed by atoms with van der Waals surface area (Å²) in [5.41, 5.74) is 2.99. The Kier molecular flexibility index (Phi) is 5.09. The Balaban J connectivity index is 1.62. The van der Waals surface area contributed by atoms with Gasteiger partial charge >= 0.3 is 0 Å². The maximum Gasteiger partial charge on any atom is 0.232 e. The molecule has 1 amide bonds. The molecule has 25 heavy (non-hydrogen) atoms. The summed E-state index contributed by atoms with van der Waals surface area (Å²) in [5.74, 6) is 1.64. The van der Waals surface area contributed by atoms with Crippen LogP contribution >= 0.6 is 0 Å². The lowest BCUT2D eigenvalue weighted by Gasteiger charge is -2.08. The monoisotopic (exact) mass is 336 g/mol. The average Bonchev–Trinajstić information content (AvgIpc) is 3.02. The topological polar surface area (TPSA) is 79.9 Å². The van der Waals surface area contributed by atoms with Crippen molar-refractivity contribution in [1.82, 2.24) is 15.2 Å². The maximum absolute atomic E-state index is 12.2. The molecule has 0 radical (unpaired) electrons. The molecule has 0 saturated carbocycles. The zero-order valence-corrected chi connectivity index (χ0v) is 14.2. The minimum Gasteiger partial charge on any atom is -0.495 e. The van der Waals surface area contributed by atoms with Crippen LogP contribution in [0.1, 0.15) is 22.8 Å². The van der Waals surface area contributed by atoms with Gasteiger partial charge in [0, 0.05) is 6.42 Å². The summed E-state index contributed by atoms with van der Waals surface area (Å²) in [7, 11) is 1.57. The maximum atomic E-state index is 12.2. The molecule has 128 valence electrons. The number of H-pyrrole nitrogens is 1. The number of rotatable bonds is 6. The van der Waals surface area contributed by atoms with Gasteiger partial charge in [-0.2, -0.15) is 5.10 Å². The highest BCUT2D eigenvalue weighted by molar-refractivity contribution is 5.93. The first-order valence-electron chi connectivity index (χ1n) is 8.02. The molecular weight excluding hydrogens is 316 g/mol. The largest absolute Gasteiger partial charge is 0.495 e. The van der Waals surface area contributed by atoms with Gasteiger partial charge in [-0.1, -0.05) is 42.0 Å². The van der Waals surface area contributed by atoms with Gasteiger partial charge in [-0.05, 0) is 24.6 Å². The molecule has 6 nitrogen and oxygen atoms in total. The minimum absolute atomic E-state index is 0.0996. The number of aryl methyl sites for hydroxylation is 1. The van der Waals surface area contributed by atoms with Crippen LogP contribution < -0.4 is 10.1 Å². The molecule has 1 heterocycles. The summed E-state index contributed by atoms with van der Waals surface area (Å²) in [6.07, 6.45) is 0.755. The van der Waals surface area contributed by atoms with E-state index in [0.717, 1.165) is 11.4 Å². The second-order valence-corrected chi connectivity index (χ2v) is 5.79. The van der Waals surface area contributed by atoms with Crippen molar-refractivity contribution in [2.24, 2.45) is 0 Å². The van der Waals surface area contributed by atoms with Crippen molar-refractivity contribution in [1.29, 1.82) is 0 Å². The number of aromatic amines is 1. The van der Waals surface area contributed by atoms with E-state index in [1.54, 1.807) is 19.2 Å². The van der Waals surface area contributed by atoms with E-state index in [1.165, 1.54) is 5.56 Å². The van der Waals surface area contributed by atoms with Crippen molar-refractivity contribution >= 4 is 11.6 Å². The van der Waals surface area contributed by atoms with Crippen LogP contribution in [-0.2, 0) is 17.6 Å². The first kappa shape index (κ1) is 16.7. The molecule has 3 rings (SSSR count). The van der Waals surface area contributed by atoms with Crippen molar-refractivity contribution in [3.05, 3.63) is 71.3 Å². The summed E-state index contributed by atoms with van der Waals surface area (Å²) in [4.78, 5) is 16.6. The summed E-state index contributed by atoms with van der Waals surface area (Å²) in [6, 6.07) is 15.5. The number of benzene rings is 2. The third kappa shape index (κ3) is 4.44. The molecule has 0 aliphatic rings. The fraction of sp³-hybridized carbons (Fsp3) is 0.211. The summed E-state index contributed by atoms with van der Waals surface area (Å²) in [5, 5.41) is 9.85. The highest BCUT2D eigenvalue weighted by Gasteiger charge is 2.11. The molecule has 3 aromatic rings. The van der Waals surface area contributed by atoms with Gasteiger partial charge in [0.1, 0.15) is 11.6 Å². The molecule has 0 aliphatic heterocycles. The molecule has 2 aromatic carbocycles. The Bertz CT molecular complexity index is 873. The summed E-state index contributed by atoms with van der Waals surface area (Å²) >= 11 is 0. The highest BCUT2D eigenvalue weighted by atomic mass is 16.5. The Hall–Kier alpha value is -3.15. The van der Waals surface area contributed by atoms with Crippen LogP contribution in [-0.4, -0.2) is 28.2 Å². The number of hydrogen-bond acceptors (Lipinski definition) is 4. The molecule has 0 spiro atoms. The van der Waals surface area contributed by atoms with Gasteiger partial charge in [0.05, 0.1) is 19.2 Å². The van der Waals surface area contributed by atoms with Crippen molar-refractivity contribution in [2.75, 3.05) is 12.4 Å². The van der Waals surface area contributed by atoms with Crippen LogP contribution in [0.25, 0.3) is 0 Å². The molecule has 2 N–H and O–H groups in total. The molecule has 0 saturated heterocycles. The Morgan fingerprint density at radius 3 is 2.84 bits per heavy atom.